The molecule has 6 heteroatoms. The normalized spacial score (nSPS) is 15.7. The summed E-state index contributed by atoms with van der Waals surface area (Å²) in [7, 11) is 0. The number of rotatable bonds is 4. The number of anilines is 3. The van der Waals surface area contributed by atoms with E-state index in [1.807, 2.05) is 31.2 Å². The van der Waals surface area contributed by atoms with E-state index in [4.69, 9.17) is 11.6 Å². The minimum Gasteiger partial charge on any atom is -0.354 e. The first-order valence-corrected chi connectivity index (χ1v) is 8.36. The Hall–Kier alpha value is -1.85. The lowest BCUT2D eigenvalue weighted by Gasteiger charge is -2.34. The maximum absolute atomic E-state index is 6.17. The average molecular weight is 332 g/mol. The molecule has 0 atom stereocenters. The van der Waals surface area contributed by atoms with Gasteiger partial charge in [-0.05, 0) is 31.2 Å². The van der Waals surface area contributed by atoms with Gasteiger partial charge >= 0.3 is 0 Å². The maximum atomic E-state index is 6.17. The van der Waals surface area contributed by atoms with Crippen molar-refractivity contribution < 1.29 is 0 Å². The summed E-state index contributed by atoms with van der Waals surface area (Å²) >= 11 is 6.17. The molecule has 0 spiro atoms. The van der Waals surface area contributed by atoms with Crippen molar-refractivity contribution >= 4 is 28.9 Å². The summed E-state index contributed by atoms with van der Waals surface area (Å²) in [6, 6.07) is 7.83. The zero-order valence-electron chi connectivity index (χ0n) is 13.6. The molecular formula is C17H22ClN5. The first-order chi connectivity index (χ1) is 11.2. The first kappa shape index (κ1) is 16.0. The van der Waals surface area contributed by atoms with E-state index in [1.54, 1.807) is 6.33 Å². The van der Waals surface area contributed by atoms with E-state index in [0.29, 0.717) is 0 Å². The highest BCUT2D eigenvalue weighted by molar-refractivity contribution is 6.31. The summed E-state index contributed by atoms with van der Waals surface area (Å²) < 4.78 is 0. The van der Waals surface area contributed by atoms with Gasteiger partial charge in [-0.15, -0.1) is 0 Å². The van der Waals surface area contributed by atoms with E-state index >= 15 is 0 Å². The molecule has 0 aliphatic carbocycles. The van der Waals surface area contributed by atoms with Crippen molar-refractivity contribution in [3.63, 3.8) is 0 Å². The van der Waals surface area contributed by atoms with Crippen LogP contribution in [-0.2, 0) is 0 Å². The quantitative estimate of drug-likeness (QED) is 0.931. The van der Waals surface area contributed by atoms with Gasteiger partial charge in [0.25, 0.3) is 0 Å². The Balaban J connectivity index is 1.74. The maximum Gasteiger partial charge on any atom is 0.135 e. The molecule has 0 unspecified atom stereocenters. The predicted molar refractivity (Wildman–Crippen MR) is 95.8 cm³/mol. The van der Waals surface area contributed by atoms with Crippen molar-refractivity contribution in [2.75, 3.05) is 42.9 Å². The first-order valence-electron chi connectivity index (χ1n) is 7.99. The molecule has 122 valence electrons. The molecule has 0 saturated carbocycles. The van der Waals surface area contributed by atoms with E-state index in [-0.39, 0.29) is 0 Å². The van der Waals surface area contributed by atoms with E-state index in [9.17, 15) is 0 Å². The van der Waals surface area contributed by atoms with E-state index in [2.05, 4.69) is 32.0 Å². The van der Waals surface area contributed by atoms with Gasteiger partial charge in [-0.25, -0.2) is 9.97 Å². The lowest BCUT2D eigenvalue weighted by molar-refractivity contribution is 0.270. The molecule has 1 fully saturated rings. The number of aromatic nitrogens is 2. The third kappa shape index (κ3) is 3.74. The lowest BCUT2D eigenvalue weighted by Crippen LogP contribution is -2.46. The van der Waals surface area contributed by atoms with Crippen molar-refractivity contribution in [1.29, 1.82) is 0 Å². The summed E-state index contributed by atoms with van der Waals surface area (Å²) in [6.07, 6.45) is 1.61. The number of nitrogens with zero attached hydrogens (tertiary/aromatic N) is 4. The van der Waals surface area contributed by atoms with Gasteiger partial charge in [0.05, 0.1) is 0 Å². The van der Waals surface area contributed by atoms with Crippen LogP contribution < -0.4 is 10.2 Å². The fourth-order valence-electron chi connectivity index (χ4n) is 2.76. The number of nitrogens with one attached hydrogen (secondary N) is 1. The van der Waals surface area contributed by atoms with Gasteiger partial charge in [0.15, 0.2) is 0 Å². The van der Waals surface area contributed by atoms with Crippen LogP contribution in [0.1, 0.15) is 12.5 Å². The minimum absolute atomic E-state index is 0.750. The molecule has 1 aliphatic heterocycles. The standard InChI is InChI=1S/C17H22ClN5/c1-3-22-7-9-23(10-8-22)17-11-16(19-12-20-17)21-15-6-4-5-14(18)13(15)2/h4-6,11-12H,3,7-10H2,1-2H3,(H,19,20,21). The highest BCUT2D eigenvalue weighted by Crippen LogP contribution is 2.26. The van der Waals surface area contributed by atoms with Crippen LogP contribution in [0.3, 0.4) is 0 Å². The third-order valence-electron chi connectivity index (χ3n) is 4.33. The molecule has 1 aromatic carbocycles. The Morgan fingerprint density at radius 1 is 1.17 bits per heavy atom. The molecule has 3 rings (SSSR count). The van der Waals surface area contributed by atoms with E-state index in [0.717, 1.165) is 60.6 Å². The van der Waals surface area contributed by atoms with Crippen molar-refractivity contribution in [1.82, 2.24) is 14.9 Å². The third-order valence-corrected chi connectivity index (χ3v) is 4.74. The van der Waals surface area contributed by atoms with Crippen LogP contribution in [0.2, 0.25) is 5.02 Å². The number of likely N-dealkylation sites (N-methyl/N-ethyl adjacent to an activating group) is 1. The van der Waals surface area contributed by atoms with Gasteiger partial charge in [-0.2, -0.15) is 0 Å². The van der Waals surface area contributed by atoms with Crippen LogP contribution in [0.25, 0.3) is 0 Å². The van der Waals surface area contributed by atoms with Crippen LogP contribution in [-0.4, -0.2) is 47.6 Å². The highest BCUT2D eigenvalue weighted by Gasteiger charge is 2.17. The summed E-state index contributed by atoms with van der Waals surface area (Å²) in [6.45, 7) is 9.47. The molecule has 2 heterocycles. The molecule has 2 aromatic rings. The van der Waals surface area contributed by atoms with Crippen molar-refractivity contribution in [3.05, 3.63) is 41.2 Å². The Morgan fingerprint density at radius 3 is 2.70 bits per heavy atom. The molecule has 1 aliphatic rings. The Kier molecular flexibility index (Phi) is 4.98. The molecular weight excluding hydrogens is 310 g/mol. The molecule has 5 nitrogen and oxygen atoms in total. The fourth-order valence-corrected chi connectivity index (χ4v) is 2.94. The number of hydrogen-bond donors (Lipinski definition) is 1. The lowest BCUT2D eigenvalue weighted by atomic mass is 10.2. The average Bonchev–Trinajstić information content (AvgIpc) is 2.59. The van der Waals surface area contributed by atoms with Crippen molar-refractivity contribution in [2.24, 2.45) is 0 Å². The van der Waals surface area contributed by atoms with Crippen LogP contribution in [0.5, 0.6) is 0 Å². The van der Waals surface area contributed by atoms with Crippen molar-refractivity contribution in [3.8, 4) is 0 Å². The molecule has 1 aromatic heterocycles. The van der Waals surface area contributed by atoms with Gasteiger partial charge in [0, 0.05) is 43.0 Å². The number of benzene rings is 1. The second kappa shape index (κ2) is 7.15. The van der Waals surface area contributed by atoms with Crippen molar-refractivity contribution in [2.45, 2.75) is 13.8 Å². The largest absolute Gasteiger partial charge is 0.354 e. The molecule has 0 radical (unpaired) electrons. The van der Waals surface area contributed by atoms with Gasteiger partial charge in [0.1, 0.15) is 18.0 Å². The minimum atomic E-state index is 0.750. The smallest absolute Gasteiger partial charge is 0.135 e. The second-order valence-electron chi connectivity index (χ2n) is 5.72. The van der Waals surface area contributed by atoms with E-state index < -0.39 is 0 Å². The topological polar surface area (TPSA) is 44.3 Å². The number of hydrogen-bond acceptors (Lipinski definition) is 5. The molecule has 0 amide bonds. The van der Waals surface area contributed by atoms with Gasteiger partial charge in [0.2, 0.25) is 0 Å². The highest BCUT2D eigenvalue weighted by atomic mass is 35.5. The summed E-state index contributed by atoms with van der Waals surface area (Å²) in [5.74, 6) is 1.76. The zero-order valence-corrected chi connectivity index (χ0v) is 14.3. The van der Waals surface area contributed by atoms with Gasteiger partial charge < -0.3 is 15.1 Å². The summed E-state index contributed by atoms with van der Waals surface area (Å²) in [5, 5.41) is 4.09. The molecule has 1 N–H and O–H groups in total. The SMILES string of the molecule is CCN1CCN(c2cc(Nc3cccc(Cl)c3C)ncn2)CC1. The van der Waals surface area contributed by atoms with Crippen LogP contribution in [0.4, 0.5) is 17.3 Å². The van der Waals surface area contributed by atoms with Gasteiger partial charge in [-0.3, -0.25) is 0 Å². The Labute approximate surface area is 142 Å². The Morgan fingerprint density at radius 2 is 1.96 bits per heavy atom. The monoisotopic (exact) mass is 331 g/mol. The van der Waals surface area contributed by atoms with Crippen LogP contribution in [0, 0.1) is 6.92 Å². The van der Waals surface area contributed by atoms with Crippen LogP contribution >= 0.6 is 11.6 Å². The summed E-state index contributed by atoms with van der Waals surface area (Å²) in [5.41, 5.74) is 1.99. The molecule has 0 bridgehead atoms. The second-order valence-corrected chi connectivity index (χ2v) is 6.13. The molecule has 23 heavy (non-hydrogen) atoms. The zero-order chi connectivity index (χ0) is 16.2. The predicted octanol–water partition coefficient (Wildman–Crippen LogP) is 3.32. The number of halogens is 1. The Bertz CT molecular complexity index is 668. The summed E-state index contributed by atoms with van der Waals surface area (Å²) in [4.78, 5) is 13.5. The fraction of sp³-hybridized carbons (Fsp3) is 0.412. The van der Waals surface area contributed by atoms with Gasteiger partial charge in [-0.1, -0.05) is 24.6 Å². The van der Waals surface area contributed by atoms with Crippen LogP contribution in [0.15, 0.2) is 30.6 Å². The number of piperazine rings is 1. The molecule has 1 saturated heterocycles. The van der Waals surface area contributed by atoms with E-state index in [1.165, 1.54) is 0 Å².